The first kappa shape index (κ1) is 12.2. The molecule has 17 heavy (non-hydrogen) atoms. The fourth-order valence-electron chi connectivity index (χ4n) is 2.50. The van der Waals surface area contributed by atoms with Crippen LogP contribution < -0.4 is 0 Å². The molecule has 1 aliphatic carbocycles. The molecule has 0 spiro atoms. The molecule has 0 fully saturated rings. The quantitative estimate of drug-likeness (QED) is 0.727. The van der Waals surface area contributed by atoms with Gasteiger partial charge in [-0.2, -0.15) is 0 Å². The molecule has 0 aromatic heterocycles. The lowest BCUT2D eigenvalue weighted by Crippen LogP contribution is -2.25. The van der Waals surface area contributed by atoms with Crippen LogP contribution in [0.3, 0.4) is 0 Å². The minimum Gasteiger partial charge on any atom is -0.345 e. The van der Waals surface area contributed by atoms with E-state index in [1.54, 1.807) is 19.0 Å². The van der Waals surface area contributed by atoms with Crippen molar-refractivity contribution in [2.45, 2.75) is 33.1 Å². The van der Waals surface area contributed by atoms with Crippen molar-refractivity contribution in [1.82, 2.24) is 4.90 Å². The van der Waals surface area contributed by atoms with Crippen LogP contribution in [0.25, 0.3) is 0 Å². The van der Waals surface area contributed by atoms with E-state index >= 15 is 0 Å². The predicted octanol–water partition coefficient (Wildman–Crippen LogP) is 2.90. The van der Waals surface area contributed by atoms with Gasteiger partial charge in [-0.3, -0.25) is 4.79 Å². The smallest absolute Gasteiger partial charge is 0.253 e. The van der Waals surface area contributed by atoms with E-state index in [1.165, 1.54) is 17.5 Å². The number of nitrogens with zero attached hydrogens (tertiary/aromatic N) is 1. The van der Waals surface area contributed by atoms with Gasteiger partial charge < -0.3 is 4.90 Å². The van der Waals surface area contributed by atoms with Crippen LogP contribution in [0.5, 0.6) is 0 Å². The van der Waals surface area contributed by atoms with Crippen LogP contribution in [-0.2, 0) is 12.8 Å². The summed E-state index contributed by atoms with van der Waals surface area (Å²) in [5.74, 6) is 0.0937. The highest BCUT2D eigenvalue weighted by molar-refractivity contribution is 5.94. The van der Waals surface area contributed by atoms with Gasteiger partial charge in [-0.05, 0) is 47.9 Å². The highest BCUT2D eigenvalue weighted by Crippen LogP contribution is 2.35. The fraction of sp³-hybridized carbons (Fsp3) is 0.533. The highest BCUT2D eigenvalue weighted by Gasteiger charge is 2.25. The summed E-state index contributed by atoms with van der Waals surface area (Å²) in [5, 5.41) is 0. The third-order valence-electron chi connectivity index (χ3n) is 3.60. The lowest BCUT2D eigenvalue weighted by atomic mass is 9.74. The van der Waals surface area contributed by atoms with Gasteiger partial charge in [0.15, 0.2) is 0 Å². The minimum absolute atomic E-state index is 0.0937. The molecule has 2 rings (SSSR count). The Morgan fingerprint density at radius 3 is 2.59 bits per heavy atom. The van der Waals surface area contributed by atoms with Crippen molar-refractivity contribution in [2.75, 3.05) is 14.1 Å². The number of hydrogen-bond donors (Lipinski definition) is 0. The summed E-state index contributed by atoms with van der Waals surface area (Å²) in [6.07, 6.45) is 3.45. The molecule has 0 radical (unpaired) electrons. The van der Waals surface area contributed by atoms with E-state index in [1.807, 2.05) is 6.07 Å². The van der Waals surface area contributed by atoms with Crippen LogP contribution in [-0.4, -0.2) is 24.9 Å². The summed E-state index contributed by atoms with van der Waals surface area (Å²) >= 11 is 0. The average molecular weight is 231 g/mol. The van der Waals surface area contributed by atoms with Gasteiger partial charge in [0.1, 0.15) is 0 Å². The van der Waals surface area contributed by atoms with Crippen molar-refractivity contribution < 1.29 is 4.79 Å². The van der Waals surface area contributed by atoms with Crippen LogP contribution in [0.1, 0.15) is 41.8 Å². The first-order chi connectivity index (χ1) is 7.89. The zero-order valence-corrected chi connectivity index (χ0v) is 11.2. The molecule has 0 unspecified atom stereocenters. The number of aryl methyl sites for hydroxylation is 1. The molecule has 0 heterocycles. The maximum atomic E-state index is 11.9. The molecular weight excluding hydrogens is 210 g/mol. The second-order valence-electron chi connectivity index (χ2n) is 6.02. The normalized spacial score (nSPS) is 17.4. The van der Waals surface area contributed by atoms with E-state index in [0.29, 0.717) is 5.41 Å². The second-order valence-corrected chi connectivity index (χ2v) is 6.02. The molecule has 2 heteroatoms. The molecule has 1 amide bonds. The van der Waals surface area contributed by atoms with Crippen molar-refractivity contribution in [2.24, 2.45) is 5.41 Å². The molecule has 1 aromatic rings. The first-order valence-electron chi connectivity index (χ1n) is 6.22. The molecule has 0 saturated carbocycles. The van der Waals surface area contributed by atoms with Crippen LogP contribution in [0, 0.1) is 5.41 Å². The number of carbonyl (C=O) groups is 1. The summed E-state index contributed by atoms with van der Waals surface area (Å²) in [6.45, 7) is 4.60. The third kappa shape index (κ3) is 2.51. The standard InChI is InChI=1S/C15H21NO/c1-15(2)8-7-11-5-6-12(9-13(11)10-15)14(17)16(3)4/h5-6,9H,7-8,10H2,1-4H3. The molecule has 1 aliphatic rings. The molecule has 92 valence electrons. The van der Waals surface area contributed by atoms with Crippen molar-refractivity contribution in [3.8, 4) is 0 Å². The maximum absolute atomic E-state index is 11.9. The summed E-state index contributed by atoms with van der Waals surface area (Å²) in [4.78, 5) is 13.6. The van der Waals surface area contributed by atoms with Crippen molar-refractivity contribution in [3.05, 3.63) is 34.9 Å². The molecule has 0 saturated heterocycles. The second kappa shape index (κ2) is 4.17. The third-order valence-corrected chi connectivity index (χ3v) is 3.60. The van der Waals surface area contributed by atoms with E-state index in [9.17, 15) is 4.79 Å². The summed E-state index contributed by atoms with van der Waals surface area (Å²) in [7, 11) is 3.59. The highest BCUT2D eigenvalue weighted by atomic mass is 16.2. The SMILES string of the molecule is CN(C)C(=O)c1ccc2c(c1)CC(C)(C)CC2. The van der Waals surface area contributed by atoms with Crippen molar-refractivity contribution in [1.29, 1.82) is 0 Å². The van der Waals surface area contributed by atoms with Gasteiger partial charge in [-0.25, -0.2) is 0 Å². The van der Waals surface area contributed by atoms with Gasteiger partial charge in [-0.15, -0.1) is 0 Å². The van der Waals surface area contributed by atoms with Crippen LogP contribution in [0.2, 0.25) is 0 Å². The molecule has 1 aromatic carbocycles. The predicted molar refractivity (Wildman–Crippen MR) is 70.3 cm³/mol. The van der Waals surface area contributed by atoms with E-state index in [-0.39, 0.29) is 5.91 Å². The number of fused-ring (bicyclic) bond motifs is 1. The van der Waals surface area contributed by atoms with Gasteiger partial charge in [0.2, 0.25) is 0 Å². The molecule has 0 bridgehead atoms. The monoisotopic (exact) mass is 231 g/mol. The lowest BCUT2D eigenvalue weighted by molar-refractivity contribution is 0.0827. The Balaban J connectivity index is 2.34. The Morgan fingerprint density at radius 1 is 1.24 bits per heavy atom. The number of carbonyl (C=O) groups excluding carboxylic acids is 1. The van der Waals surface area contributed by atoms with Gasteiger partial charge in [0.05, 0.1) is 0 Å². The van der Waals surface area contributed by atoms with Gasteiger partial charge >= 0.3 is 0 Å². The molecule has 0 N–H and O–H groups in total. The van der Waals surface area contributed by atoms with E-state index in [0.717, 1.165) is 18.4 Å². The Morgan fingerprint density at radius 2 is 1.94 bits per heavy atom. The largest absolute Gasteiger partial charge is 0.345 e. The zero-order valence-electron chi connectivity index (χ0n) is 11.2. The summed E-state index contributed by atoms with van der Waals surface area (Å²) in [6, 6.07) is 6.17. The number of benzene rings is 1. The maximum Gasteiger partial charge on any atom is 0.253 e. The molecule has 0 aliphatic heterocycles. The minimum atomic E-state index is 0.0937. The zero-order chi connectivity index (χ0) is 12.6. The van der Waals surface area contributed by atoms with Gasteiger partial charge in [0, 0.05) is 19.7 Å². The van der Waals surface area contributed by atoms with E-state index < -0.39 is 0 Å². The van der Waals surface area contributed by atoms with Crippen LogP contribution >= 0.6 is 0 Å². The Labute approximate surface area is 104 Å². The summed E-state index contributed by atoms with van der Waals surface area (Å²) < 4.78 is 0. The topological polar surface area (TPSA) is 20.3 Å². The first-order valence-corrected chi connectivity index (χ1v) is 6.22. The summed E-state index contributed by atoms with van der Waals surface area (Å²) in [5.41, 5.74) is 3.95. The molecule has 0 atom stereocenters. The Kier molecular flexibility index (Phi) is 2.98. The van der Waals surface area contributed by atoms with Crippen LogP contribution in [0.4, 0.5) is 0 Å². The van der Waals surface area contributed by atoms with E-state index in [2.05, 4.69) is 26.0 Å². The van der Waals surface area contributed by atoms with Gasteiger partial charge in [0.25, 0.3) is 5.91 Å². The number of amides is 1. The lowest BCUT2D eigenvalue weighted by Gasteiger charge is -2.31. The number of rotatable bonds is 1. The Hall–Kier alpha value is -1.31. The van der Waals surface area contributed by atoms with E-state index in [4.69, 9.17) is 0 Å². The molecular formula is C15H21NO. The Bertz CT molecular complexity index is 446. The fourth-order valence-corrected chi connectivity index (χ4v) is 2.50. The molecule has 2 nitrogen and oxygen atoms in total. The van der Waals surface area contributed by atoms with Crippen molar-refractivity contribution >= 4 is 5.91 Å². The van der Waals surface area contributed by atoms with Gasteiger partial charge in [-0.1, -0.05) is 19.9 Å². The van der Waals surface area contributed by atoms with Crippen LogP contribution in [0.15, 0.2) is 18.2 Å². The average Bonchev–Trinajstić information content (AvgIpc) is 2.25. The van der Waals surface area contributed by atoms with Crippen molar-refractivity contribution in [3.63, 3.8) is 0 Å². The number of hydrogen-bond acceptors (Lipinski definition) is 1.